The Kier molecular flexibility index (Phi) is 11.1. The number of carbonyl (C=O) groups excluding carboxylic acids is 3. The van der Waals surface area contributed by atoms with E-state index in [0.717, 1.165) is 19.3 Å². The van der Waals surface area contributed by atoms with Crippen LogP contribution >= 0.6 is 0 Å². The fourth-order valence-electron chi connectivity index (χ4n) is 2.43. The molecule has 2 atom stereocenters. The molecule has 0 fully saturated rings. The van der Waals surface area contributed by atoms with Crippen LogP contribution in [0.1, 0.15) is 72.6 Å². The molecule has 6 nitrogen and oxygen atoms in total. The van der Waals surface area contributed by atoms with Gasteiger partial charge in [-0.2, -0.15) is 0 Å². The standard InChI is InChI=1S/C17H33N3O3/c1-5-6-7-8-9-10-11-14(16(18)22)20-17(23)15(12(2)3)19-13(4)21/h12,14-15H,5-11H2,1-4H3,(H2,18,22)(H,19,21)(H,20,23)/t14-,15+/m0/s1. The van der Waals surface area contributed by atoms with Crippen LogP contribution in [0, 0.1) is 5.92 Å². The molecule has 23 heavy (non-hydrogen) atoms. The molecule has 0 radical (unpaired) electrons. The van der Waals surface area contributed by atoms with Crippen LogP contribution in [0.2, 0.25) is 0 Å². The number of amides is 3. The molecule has 6 heteroatoms. The highest BCUT2D eigenvalue weighted by atomic mass is 16.2. The van der Waals surface area contributed by atoms with Crippen molar-refractivity contribution >= 4 is 17.7 Å². The normalized spacial score (nSPS) is 13.4. The highest BCUT2D eigenvalue weighted by Gasteiger charge is 2.26. The third-order valence-electron chi connectivity index (χ3n) is 3.81. The molecule has 0 unspecified atom stereocenters. The van der Waals surface area contributed by atoms with E-state index in [4.69, 9.17) is 5.73 Å². The van der Waals surface area contributed by atoms with Gasteiger partial charge in [0, 0.05) is 6.92 Å². The van der Waals surface area contributed by atoms with E-state index in [-0.39, 0.29) is 17.7 Å². The average molecular weight is 327 g/mol. The Balaban J connectivity index is 4.41. The van der Waals surface area contributed by atoms with Crippen molar-refractivity contribution in [2.45, 2.75) is 84.7 Å². The lowest BCUT2D eigenvalue weighted by molar-refractivity contribution is -0.131. The minimum atomic E-state index is -0.677. The molecule has 0 spiro atoms. The molecule has 4 N–H and O–H groups in total. The van der Waals surface area contributed by atoms with Crippen molar-refractivity contribution in [2.75, 3.05) is 0 Å². The molecule has 0 aliphatic heterocycles. The number of nitrogens with two attached hydrogens (primary N) is 1. The quantitative estimate of drug-likeness (QED) is 0.477. The third kappa shape index (κ3) is 9.92. The first-order valence-electron chi connectivity index (χ1n) is 8.66. The molecule has 0 aromatic heterocycles. The summed E-state index contributed by atoms with van der Waals surface area (Å²) in [6.07, 6.45) is 7.17. The van der Waals surface area contributed by atoms with E-state index >= 15 is 0 Å². The Hall–Kier alpha value is -1.59. The van der Waals surface area contributed by atoms with Gasteiger partial charge in [0.1, 0.15) is 12.1 Å². The van der Waals surface area contributed by atoms with Gasteiger partial charge in [0.25, 0.3) is 0 Å². The van der Waals surface area contributed by atoms with E-state index < -0.39 is 18.0 Å². The fourth-order valence-corrected chi connectivity index (χ4v) is 2.43. The summed E-state index contributed by atoms with van der Waals surface area (Å²) in [4.78, 5) is 35.0. The maximum atomic E-state index is 12.3. The summed E-state index contributed by atoms with van der Waals surface area (Å²) in [6.45, 7) is 7.21. The van der Waals surface area contributed by atoms with Gasteiger partial charge in [-0.15, -0.1) is 0 Å². The maximum absolute atomic E-state index is 12.3. The first kappa shape index (κ1) is 21.4. The number of carbonyl (C=O) groups is 3. The van der Waals surface area contributed by atoms with E-state index in [2.05, 4.69) is 17.6 Å². The van der Waals surface area contributed by atoms with Gasteiger partial charge < -0.3 is 16.4 Å². The summed E-state index contributed by atoms with van der Waals surface area (Å²) < 4.78 is 0. The minimum absolute atomic E-state index is 0.0681. The van der Waals surface area contributed by atoms with Crippen molar-refractivity contribution in [3.63, 3.8) is 0 Å². The van der Waals surface area contributed by atoms with Crippen LogP contribution in [-0.2, 0) is 14.4 Å². The van der Waals surface area contributed by atoms with Gasteiger partial charge in [-0.05, 0) is 12.3 Å². The molecule has 0 saturated carbocycles. The number of hydrogen-bond acceptors (Lipinski definition) is 3. The zero-order valence-corrected chi connectivity index (χ0v) is 15.0. The molecule has 0 bridgehead atoms. The smallest absolute Gasteiger partial charge is 0.243 e. The Morgan fingerprint density at radius 3 is 2.00 bits per heavy atom. The zero-order valence-electron chi connectivity index (χ0n) is 15.0. The number of hydrogen-bond donors (Lipinski definition) is 3. The van der Waals surface area contributed by atoms with Crippen LogP contribution in [0.15, 0.2) is 0 Å². The van der Waals surface area contributed by atoms with E-state index in [0.29, 0.717) is 6.42 Å². The molecule has 0 aliphatic carbocycles. The summed E-state index contributed by atoms with van der Waals surface area (Å²) in [7, 11) is 0. The van der Waals surface area contributed by atoms with Crippen LogP contribution in [-0.4, -0.2) is 29.8 Å². The van der Waals surface area contributed by atoms with Crippen LogP contribution in [0.25, 0.3) is 0 Å². The lowest BCUT2D eigenvalue weighted by Gasteiger charge is -2.24. The summed E-state index contributed by atoms with van der Waals surface area (Å²) in [5.41, 5.74) is 5.38. The van der Waals surface area contributed by atoms with Crippen LogP contribution in [0.3, 0.4) is 0 Å². The lowest BCUT2D eigenvalue weighted by Crippen LogP contribution is -2.54. The van der Waals surface area contributed by atoms with E-state index in [9.17, 15) is 14.4 Å². The van der Waals surface area contributed by atoms with Crippen molar-refractivity contribution in [3.05, 3.63) is 0 Å². The van der Waals surface area contributed by atoms with Gasteiger partial charge in [-0.1, -0.05) is 59.3 Å². The summed E-state index contributed by atoms with van der Waals surface area (Å²) in [5, 5.41) is 5.29. The minimum Gasteiger partial charge on any atom is -0.368 e. The predicted molar refractivity (Wildman–Crippen MR) is 91.6 cm³/mol. The van der Waals surface area contributed by atoms with Gasteiger partial charge >= 0.3 is 0 Å². The molecule has 0 aromatic rings. The van der Waals surface area contributed by atoms with Gasteiger partial charge in [0.2, 0.25) is 17.7 Å². The largest absolute Gasteiger partial charge is 0.368 e. The van der Waals surface area contributed by atoms with E-state index in [1.54, 1.807) is 0 Å². The van der Waals surface area contributed by atoms with E-state index in [1.807, 2.05) is 13.8 Å². The molecule has 0 rings (SSSR count). The number of primary amides is 1. The second kappa shape index (κ2) is 11.9. The van der Waals surface area contributed by atoms with Crippen molar-refractivity contribution in [2.24, 2.45) is 11.7 Å². The first-order chi connectivity index (χ1) is 10.8. The van der Waals surface area contributed by atoms with Gasteiger partial charge in [0.05, 0.1) is 0 Å². The predicted octanol–water partition coefficient (Wildman–Crippen LogP) is 1.87. The van der Waals surface area contributed by atoms with Crippen LogP contribution < -0.4 is 16.4 Å². The average Bonchev–Trinajstić information content (AvgIpc) is 2.46. The zero-order chi connectivity index (χ0) is 17.8. The SMILES string of the molecule is CCCCCCCC[C@H](NC(=O)[C@H](NC(C)=O)C(C)C)C(N)=O. The summed E-state index contributed by atoms with van der Waals surface area (Å²) >= 11 is 0. The Bertz CT molecular complexity index is 383. The molecule has 0 aromatic carbocycles. The third-order valence-corrected chi connectivity index (χ3v) is 3.81. The van der Waals surface area contributed by atoms with Gasteiger partial charge in [-0.3, -0.25) is 14.4 Å². The van der Waals surface area contributed by atoms with Crippen molar-refractivity contribution < 1.29 is 14.4 Å². The molecule has 0 saturated heterocycles. The summed E-state index contributed by atoms with van der Waals surface area (Å²) in [5.74, 6) is -1.23. The molecular formula is C17H33N3O3. The highest BCUT2D eigenvalue weighted by molar-refractivity contribution is 5.91. The van der Waals surface area contributed by atoms with Crippen LogP contribution in [0.4, 0.5) is 0 Å². The molecule has 134 valence electrons. The first-order valence-corrected chi connectivity index (χ1v) is 8.66. The molecule has 0 aliphatic rings. The Morgan fingerprint density at radius 1 is 0.957 bits per heavy atom. The number of nitrogens with one attached hydrogen (secondary N) is 2. The molecule has 0 heterocycles. The van der Waals surface area contributed by atoms with Crippen LogP contribution in [0.5, 0.6) is 0 Å². The second-order valence-electron chi connectivity index (χ2n) is 6.44. The highest BCUT2D eigenvalue weighted by Crippen LogP contribution is 2.09. The van der Waals surface area contributed by atoms with E-state index in [1.165, 1.54) is 26.2 Å². The van der Waals surface area contributed by atoms with Gasteiger partial charge in [0.15, 0.2) is 0 Å². The molecular weight excluding hydrogens is 294 g/mol. The van der Waals surface area contributed by atoms with Gasteiger partial charge in [-0.25, -0.2) is 0 Å². The second-order valence-corrected chi connectivity index (χ2v) is 6.44. The topological polar surface area (TPSA) is 101 Å². The Labute approximate surface area is 140 Å². The summed E-state index contributed by atoms with van der Waals surface area (Å²) in [6, 6.07) is -1.33. The number of rotatable bonds is 12. The van der Waals surface area contributed by atoms with Crippen molar-refractivity contribution in [3.8, 4) is 0 Å². The maximum Gasteiger partial charge on any atom is 0.243 e. The Morgan fingerprint density at radius 2 is 1.52 bits per heavy atom. The van der Waals surface area contributed by atoms with Crippen molar-refractivity contribution in [1.29, 1.82) is 0 Å². The fraction of sp³-hybridized carbons (Fsp3) is 0.824. The molecule has 3 amide bonds. The van der Waals surface area contributed by atoms with Crippen molar-refractivity contribution in [1.82, 2.24) is 10.6 Å². The number of unbranched alkanes of at least 4 members (excludes halogenated alkanes) is 5. The lowest BCUT2D eigenvalue weighted by atomic mass is 10.0. The monoisotopic (exact) mass is 327 g/mol.